The van der Waals surface area contributed by atoms with E-state index in [1.54, 1.807) is 26.2 Å². The first-order valence-electron chi connectivity index (χ1n) is 7.34. The van der Waals surface area contributed by atoms with Crippen molar-refractivity contribution in [3.05, 3.63) is 46.3 Å². The van der Waals surface area contributed by atoms with Crippen LogP contribution < -0.4 is 4.80 Å². The zero-order valence-corrected chi connectivity index (χ0v) is 14.6. The van der Waals surface area contributed by atoms with Crippen LogP contribution in [0.15, 0.2) is 29.4 Å². The van der Waals surface area contributed by atoms with Crippen molar-refractivity contribution in [2.45, 2.75) is 13.5 Å². The van der Waals surface area contributed by atoms with E-state index in [1.807, 2.05) is 0 Å². The fraction of sp³-hybridized carbons (Fsp3) is 0.250. The molecule has 0 aliphatic rings. The van der Waals surface area contributed by atoms with Crippen LogP contribution in [0.1, 0.15) is 16.1 Å². The molecule has 0 saturated heterocycles. The third-order valence-corrected chi connectivity index (χ3v) is 4.72. The van der Waals surface area contributed by atoms with Gasteiger partial charge in [-0.2, -0.15) is 10.1 Å². The Morgan fingerprint density at radius 1 is 1.40 bits per heavy atom. The number of halogens is 1. The molecule has 3 aromatic rings. The summed E-state index contributed by atoms with van der Waals surface area (Å²) >= 11 is 1.13. The smallest absolute Gasteiger partial charge is 0.325 e. The van der Waals surface area contributed by atoms with Gasteiger partial charge in [-0.3, -0.25) is 14.3 Å². The number of hydrogen-bond donors (Lipinski definition) is 0. The summed E-state index contributed by atoms with van der Waals surface area (Å²) in [5.74, 6) is -1.38. The molecule has 2 heterocycles. The number of esters is 1. The zero-order valence-electron chi connectivity index (χ0n) is 13.8. The molecular weight excluding hydrogens is 347 g/mol. The lowest BCUT2D eigenvalue weighted by atomic mass is 10.3. The van der Waals surface area contributed by atoms with E-state index in [2.05, 4.69) is 10.1 Å². The Kier molecular flexibility index (Phi) is 4.49. The number of hydrogen-bond acceptors (Lipinski definition) is 5. The third kappa shape index (κ3) is 3.22. The first-order valence-corrected chi connectivity index (χ1v) is 8.15. The fourth-order valence-electron chi connectivity index (χ4n) is 2.47. The Morgan fingerprint density at radius 3 is 2.80 bits per heavy atom. The highest BCUT2D eigenvalue weighted by Gasteiger charge is 2.16. The van der Waals surface area contributed by atoms with Crippen LogP contribution in [0.2, 0.25) is 0 Å². The molecule has 0 fully saturated rings. The Labute approximate surface area is 146 Å². The van der Waals surface area contributed by atoms with Crippen LogP contribution in [0, 0.1) is 12.7 Å². The zero-order chi connectivity index (χ0) is 18.1. The summed E-state index contributed by atoms with van der Waals surface area (Å²) in [6.07, 6.45) is 1.57. The molecule has 130 valence electrons. The summed E-state index contributed by atoms with van der Waals surface area (Å²) < 4.78 is 21.8. The lowest BCUT2D eigenvalue weighted by Crippen LogP contribution is -2.23. The Hall–Kier alpha value is -2.81. The van der Waals surface area contributed by atoms with E-state index >= 15 is 0 Å². The van der Waals surface area contributed by atoms with Gasteiger partial charge in [-0.1, -0.05) is 11.3 Å². The van der Waals surface area contributed by atoms with E-state index in [1.165, 1.54) is 28.5 Å². The number of aromatic nitrogens is 3. The van der Waals surface area contributed by atoms with Gasteiger partial charge in [0.05, 0.1) is 23.5 Å². The molecule has 0 N–H and O–H groups in total. The van der Waals surface area contributed by atoms with Gasteiger partial charge in [0.25, 0.3) is 5.91 Å². The van der Waals surface area contributed by atoms with Gasteiger partial charge in [0.15, 0.2) is 4.80 Å². The highest BCUT2D eigenvalue weighted by atomic mass is 32.1. The second-order valence-corrected chi connectivity index (χ2v) is 6.38. The van der Waals surface area contributed by atoms with Gasteiger partial charge in [-0.05, 0) is 25.1 Å². The molecule has 0 unspecified atom stereocenters. The third-order valence-electron chi connectivity index (χ3n) is 3.68. The van der Waals surface area contributed by atoms with Crippen LogP contribution in [0.25, 0.3) is 10.2 Å². The average molecular weight is 362 g/mol. The molecule has 0 bridgehead atoms. The summed E-state index contributed by atoms with van der Waals surface area (Å²) in [4.78, 5) is 28.7. The van der Waals surface area contributed by atoms with Crippen molar-refractivity contribution in [2.24, 2.45) is 12.0 Å². The van der Waals surface area contributed by atoms with Gasteiger partial charge < -0.3 is 9.30 Å². The second kappa shape index (κ2) is 6.60. The van der Waals surface area contributed by atoms with Gasteiger partial charge >= 0.3 is 5.97 Å². The standard InChI is InChI=1S/C16H15FN4O3S/c1-9-7-18-20(2)14(9)15(23)19-16-21(8-13(22)24-3)11-5-4-10(17)6-12(11)25-16/h4-7H,8H2,1-3H3. The number of benzene rings is 1. The first kappa shape index (κ1) is 17.0. The predicted octanol–water partition coefficient (Wildman–Crippen LogP) is 1.80. The maximum Gasteiger partial charge on any atom is 0.325 e. The van der Waals surface area contributed by atoms with Crippen molar-refractivity contribution in [2.75, 3.05) is 7.11 Å². The molecule has 0 radical (unpaired) electrons. The molecule has 3 rings (SSSR count). The minimum absolute atomic E-state index is 0.126. The molecule has 0 aliphatic carbocycles. The number of nitrogens with zero attached hydrogens (tertiary/aromatic N) is 4. The van der Waals surface area contributed by atoms with Crippen LogP contribution in [0.3, 0.4) is 0 Å². The van der Waals surface area contributed by atoms with Gasteiger partial charge in [-0.25, -0.2) is 4.39 Å². The molecule has 0 aliphatic heterocycles. The largest absolute Gasteiger partial charge is 0.468 e. The summed E-state index contributed by atoms with van der Waals surface area (Å²) in [7, 11) is 2.93. The maximum absolute atomic E-state index is 13.5. The summed E-state index contributed by atoms with van der Waals surface area (Å²) in [6.45, 7) is 1.64. The van der Waals surface area contributed by atoms with Crippen LogP contribution in [0.4, 0.5) is 4.39 Å². The Balaban J connectivity index is 2.18. The molecule has 2 aromatic heterocycles. The predicted molar refractivity (Wildman–Crippen MR) is 89.6 cm³/mol. The lowest BCUT2D eigenvalue weighted by Gasteiger charge is -2.03. The van der Waals surface area contributed by atoms with E-state index in [-0.39, 0.29) is 11.3 Å². The van der Waals surface area contributed by atoms with Gasteiger partial charge in [-0.15, -0.1) is 0 Å². The van der Waals surface area contributed by atoms with E-state index in [4.69, 9.17) is 4.74 Å². The molecule has 9 heteroatoms. The molecular formula is C16H15FN4O3S. The molecule has 0 spiro atoms. The number of rotatable bonds is 3. The number of carbonyl (C=O) groups is 2. The molecule has 1 aromatic carbocycles. The number of thiazole rings is 1. The molecule has 0 atom stereocenters. The topological polar surface area (TPSA) is 78.5 Å². The van der Waals surface area contributed by atoms with E-state index in [0.717, 1.165) is 11.3 Å². The van der Waals surface area contributed by atoms with Gasteiger partial charge in [0, 0.05) is 12.6 Å². The van der Waals surface area contributed by atoms with Crippen molar-refractivity contribution in [1.82, 2.24) is 14.3 Å². The van der Waals surface area contributed by atoms with Crippen molar-refractivity contribution in [3.63, 3.8) is 0 Å². The van der Waals surface area contributed by atoms with Crippen molar-refractivity contribution in [1.29, 1.82) is 0 Å². The number of fused-ring (bicyclic) bond motifs is 1. The second-order valence-electron chi connectivity index (χ2n) is 5.38. The molecule has 7 nitrogen and oxygen atoms in total. The van der Waals surface area contributed by atoms with Crippen molar-refractivity contribution >= 4 is 33.4 Å². The SMILES string of the molecule is COC(=O)Cn1c(=NC(=O)c2c(C)cnn2C)sc2cc(F)ccc21. The minimum atomic E-state index is -0.491. The number of methoxy groups -OCH3 is 1. The summed E-state index contributed by atoms with van der Waals surface area (Å²) in [6, 6.07) is 4.18. The average Bonchev–Trinajstić information content (AvgIpc) is 3.07. The lowest BCUT2D eigenvalue weighted by molar-refractivity contribution is -0.141. The van der Waals surface area contributed by atoms with E-state index in [9.17, 15) is 14.0 Å². The summed E-state index contributed by atoms with van der Waals surface area (Å²) in [5.41, 5.74) is 1.65. The molecule has 25 heavy (non-hydrogen) atoms. The number of ether oxygens (including phenoxy) is 1. The van der Waals surface area contributed by atoms with Crippen LogP contribution in [-0.2, 0) is 23.1 Å². The molecule has 0 saturated carbocycles. The highest BCUT2D eigenvalue weighted by molar-refractivity contribution is 7.16. The fourth-order valence-corrected chi connectivity index (χ4v) is 3.53. The van der Waals surface area contributed by atoms with Gasteiger partial charge in [0.1, 0.15) is 18.1 Å². The monoisotopic (exact) mass is 362 g/mol. The first-order chi connectivity index (χ1) is 11.9. The van der Waals surface area contributed by atoms with Crippen LogP contribution >= 0.6 is 11.3 Å². The van der Waals surface area contributed by atoms with Crippen LogP contribution in [0.5, 0.6) is 0 Å². The highest BCUT2D eigenvalue weighted by Crippen LogP contribution is 2.19. The number of carbonyl (C=O) groups excluding carboxylic acids is 2. The van der Waals surface area contributed by atoms with Crippen LogP contribution in [-0.4, -0.2) is 33.3 Å². The number of aryl methyl sites for hydroxylation is 2. The minimum Gasteiger partial charge on any atom is -0.468 e. The maximum atomic E-state index is 13.5. The Morgan fingerprint density at radius 2 is 2.16 bits per heavy atom. The summed E-state index contributed by atoms with van der Waals surface area (Å²) in [5, 5.41) is 4.03. The van der Waals surface area contributed by atoms with E-state index < -0.39 is 17.7 Å². The Bertz CT molecular complexity index is 1030. The number of amides is 1. The van der Waals surface area contributed by atoms with Crippen molar-refractivity contribution in [3.8, 4) is 0 Å². The quantitative estimate of drug-likeness (QED) is 0.666. The van der Waals surface area contributed by atoms with Gasteiger partial charge in [0.2, 0.25) is 0 Å². The van der Waals surface area contributed by atoms with E-state index in [0.29, 0.717) is 21.5 Å². The normalized spacial score (nSPS) is 11.9. The molecule has 1 amide bonds. The van der Waals surface area contributed by atoms with Crippen molar-refractivity contribution < 1.29 is 18.7 Å².